The average molecular weight is 300 g/mol. The van der Waals surface area contributed by atoms with Gasteiger partial charge in [0.05, 0.1) is 0 Å². The summed E-state index contributed by atoms with van der Waals surface area (Å²) < 4.78 is 4.92. The largest absolute Gasteiger partial charge is 0.480 e. The van der Waals surface area contributed by atoms with Crippen LogP contribution in [-0.2, 0) is 9.53 Å². The minimum Gasteiger partial charge on any atom is -0.480 e. The van der Waals surface area contributed by atoms with Crippen LogP contribution in [0.1, 0.15) is 45.4 Å². The Morgan fingerprint density at radius 1 is 1.43 bits per heavy atom. The number of methoxy groups -OCH3 is 1. The van der Waals surface area contributed by atoms with E-state index >= 15 is 0 Å². The summed E-state index contributed by atoms with van der Waals surface area (Å²) in [5, 5.41) is 11.8. The fourth-order valence-electron chi connectivity index (χ4n) is 2.86. The molecule has 6 nitrogen and oxygen atoms in total. The molecule has 6 heteroatoms. The molecule has 1 aliphatic rings. The number of ether oxygens (including phenoxy) is 1. The molecule has 122 valence electrons. The molecular formula is C15H28N2O4. The second-order valence-electron chi connectivity index (χ2n) is 6.01. The van der Waals surface area contributed by atoms with Crippen molar-refractivity contribution in [3.63, 3.8) is 0 Å². The van der Waals surface area contributed by atoms with Crippen LogP contribution >= 0.6 is 0 Å². The number of urea groups is 1. The van der Waals surface area contributed by atoms with E-state index in [4.69, 9.17) is 4.74 Å². The second-order valence-corrected chi connectivity index (χ2v) is 6.01. The number of carboxylic acid groups (broad SMARTS) is 1. The van der Waals surface area contributed by atoms with E-state index in [2.05, 4.69) is 12.2 Å². The van der Waals surface area contributed by atoms with Gasteiger partial charge in [-0.05, 0) is 31.6 Å². The predicted molar refractivity (Wildman–Crippen MR) is 80.2 cm³/mol. The summed E-state index contributed by atoms with van der Waals surface area (Å²) in [5.41, 5.74) is 0. The lowest BCUT2D eigenvalue weighted by atomic mass is 9.86. The van der Waals surface area contributed by atoms with E-state index in [1.165, 1.54) is 6.42 Å². The number of carboxylic acids is 1. The molecule has 0 aromatic rings. The summed E-state index contributed by atoms with van der Waals surface area (Å²) in [7, 11) is 3.33. The predicted octanol–water partition coefficient (Wildman–Crippen LogP) is 2.09. The molecule has 1 fully saturated rings. The normalized spacial score (nSPS) is 23.4. The Bertz CT molecular complexity index is 349. The van der Waals surface area contributed by atoms with Crippen LogP contribution in [0.25, 0.3) is 0 Å². The first-order chi connectivity index (χ1) is 9.95. The SMILES string of the molecule is COCCCC(NC(=O)N(C)C1CCCC(C)C1)C(=O)O. The Balaban J connectivity index is 2.49. The van der Waals surface area contributed by atoms with Gasteiger partial charge in [-0.2, -0.15) is 0 Å². The van der Waals surface area contributed by atoms with E-state index in [-0.39, 0.29) is 12.1 Å². The van der Waals surface area contributed by atoms with Gasteiger partial charge in [-0.25, -0.2) is 9.59 Å². The molecule has 3 unspecified atom stereocenters. The Hall–Kier alpha value is -1.30. The zero-order valence-corrected chi connectivity index (χ0v) is 13.3. The smallest absolute Gasteiger partial charge is 0.326 e. The van der Waals surface area contributed by atoms with Gasteiger partial charge in [0.25, 0.3) is 0 Å². The number of carbonyl (C=O) groups excluding carboxylic acids is 1. The first-order valence-electron chi connectivity index (χ1n) is 7.70. The van der Waals surface area contributed by atoms with Crippen LogP contribution in [0.5, 0.6) is 0 Å². The number of nitrogens with one attached hydrogen (secondary N) is 1. The van der Waals surface area contributed by atoms with Gasteiger partial charge in [-0.3, -0.25) is 0 Å². The zero-order valence-electron chi connectivity index (χ0n) is 13.3. The van der Waals surface area contributed by atoms with Gasteiger partial charge in [0.1, 0.15) is 6.04 Å². The molecule has 0 radical (unpaired) electrons. The van der Waals surface area contributed by atoms with E-state index < -0.39 is 12.0 Å². The van der Waals surface area contributed by atoms with Crippen LogP contribution in [0.4, 0.5) is 4.79 Å². The number of nitrogens with zero attached hydrogens (tertiary/aromatic N) is 1. The fourth-order valence-corrected chi connectivity index (χ4v) is 2.86. The first-order valence-corrected chi connectivity index (χ1v) is 7.70. The average Bonchev–Trinajstić information content (AvgIpc) is 2.45. The summed E-state index contributed by atoms with van der Waals surface area (Å²) in [6.07, 6.45) is 5.31. The maximum absolute atomic E-state index is 12.2. The number of amides is 2. The second kappa shape index (κ2) is 8.87. The van der Waals surface area contributed by atoms with E-state index in [0.717, 1.165) is 19.3 Å². The molecule has 0 bridgehead atoms. The number of rotatable bonds is 7. The third-order valence-corrected chi connectivity index (χ3v) is 4.21. The Morgan fingerprint density at radius 3 is 2.71 bits per heavy atom. The van der Waals surface area contributed by atoms with Gasteiger partial charge in [0.15, 0.2) is 0 Å². The Labute approximate surface area is 126 Å². The highest BCUT2D eigenvalue weighted by Gasteiger charge is 2.28. The van der Waals surface area contributed by atoms with Crippen molar-refractivity contribution in [1.29, 1.82) is 0 Å². The van der Waals surface area contributed by atoms with E-state index in [1.54, 1.807) is 19.1 Å². The maximum atomic E-state index is 12.2. The third-order valence-electron chi connectivity index (χ3n) is 4.21. The number of carbonyl (C=O) groups is 2. The van der Waals surface area contributed by atoms with Crippen molar-refractivity contribution < 1.29 is 19.4 Å². The lowest BCUT2D eigenvalue weighted by molar-refractivity contribution is -0.139. The topological polar surface area (TPSA) is 78.9 Å². The number of hydrogen-bond donors (Lipinski definition) is 2. The van der Waals surface area contributed by atoms with Gasteiger partial charge in [-0.1, -0.05) is 19.8 Å². The summed E-state index contributed by atoms with van der Waals surface area (Å²) in [6.45, 7) is 2.69. The molecule has 0 aromatic heterocycles. The van der Waals surface area contributed by atoms with Crippen molar-refractivity contribution in [3.05, 3.63) is 0 Å². The van der Waals surface area contributed by atoms with Gasteiger partial charge < -0.3 is 20.1 Å². The molecule has 0 spiro atoms. The van der Waals surface area contributed by atoms with Crippen molar-refractivity contribution >= 4 is 12.0 Å². The molecule has 1 saturated carbocycles. The highest BCUT2D eigenvalue weighted by atomic mass is 16.5. The molecule has 2 N–H and O–H groups in total. The van der Waals surface area contributed by atoms with Crippen LogP contribution in [0, 0.1) is 5.92 Å². The van der Waals surface area contributed by atoms with Gasteiger partial charge in [-0.15, -0.1) is 0 Å². The first kappa shape index (κ1) is 17.8. The summed E-state index contributed by atoms with van der Waals surface area (Å²) in [4.78, 5) is 25.1. The summed E-state index contributed by atoms with van der Waals surface area (Å²) in [6, 6.07) is -0.933. The number of hydrogen-bond acceptors (Lipinski definition) is 3. The summed E-state index contributed by atoms with van der Waals surface area (Å²) >= 11 is 0. The highest BCUT2D eigenvalue weighted by Crippen LogP contribution is 2.26. The van der Waals surface area contributed by atoms with Gasteiger partial charge >= 0.3 is 12.0 Å². The highest BCUT2D eigenvalue weighted by molar-refractivity contribution is 5.82. The molecule has 0 aliphatic heterocycles. The molecular weight excluding hydrogens is 272 g/mol. The monoisotopic (exact) mass is 300 g/mol. The fraction of sp³-hybridized carbons (Fsp3) is 0.867. The molecule has 3 atom stereocenters. The van der Waals surface area contributed by atoms with E-state index in [9.17, 15) is 14.7 Å². The zero-order chi connectivity index (χ0) is 15.8. The molecule has 1 rings (SSSR count). The molecule has 21 heavy (non-hydrogen) atoms. The lowest BCUT2D eigenvalue weighted by Gasteiger charge is -2.34. The number of aliphatic carboxylic acids is 1. The Morgan fingerprint density at radius 2 is 2.14 bits per heavy atom. The molecule has 0 aromatic carbocycles. The van der Waals surface area contributed by atoms with E-state index in [0.29, 0.717) is 25.4 Å². The minimum absolute atomic E-state index is 0.210. The van der Waals surface area contributed by atoms with Gasteiger partial charge in [0.2, 0.25) is 0 Å². The summed E-state index contributed by atoms with van der Waals surface area (Å²) in [5.74, 6) is -0.374. The van der Waals surface area contributed by atoms with Crippen molar-refractivity contribution in [2.75, 3.05) is 20.8 Å². The van der Waals surface area contributed by atoms with E-state index in [1.807, 2.05) is 0 Å². The molecule has 0 heterocycles. The quantitative estimate of drug-likeness (QED) is 0.706. The van der Waals surface area contributed by atoms with Crippen LogP contribution < -0.4 is 5.32 Å². The molecule has 2 amide bonds. The minimum atomic E-state index is -0.995. The van der Waals surface area contributed by atoms with Crippen LogP contribution in [0.3, 0.4) is 0 Å². The van der Waals surface area contributed by atoms with Crippen LogP contribution in [0.2, 0.25) is 0 Å². The van der Waals surface area contributed by atoms with Crippen LogP contribution in [-0.4, -0.2) is 54.9 Å². The van der Waals surface area contributed by atoms with Crippen LogP contribution in [0.15, 0.2) is 0 Å². The Kier molecular flexibility index (Phi) is 7.50. The lowest BCUT2D eigenvalue weighted by Crippen LogP contribution is -2.50. The van der Waals surface area contributed by atoms with Crippen molar-refractivity contribution in [3.8, 4) is 0 Å². The maximum Gasteiger partial charge on any atom is 0.326 e. The van der Waals surface area contributed by atoms with Crippen molar-refractivity contribution in [2.24, 2.45) is 5.92 Å². The molecule has 1 aliphatic carbocycles. The third kappa shape index (κ3) is 5.91. The van der Waals surface area contributed by atoms with Gasteiger partial charge in [0, 0.05) is 26.8 Å². The van der Waals surface area contributed by atoms with Crippen molar-refractivity contribution in [1.82, 2.24) is 10.2 Å². The standard InChI is InChI=1S/C15H28N2O4/c1-11-6-4-7-12(10-11)17(2)15(20)16-13(14(18)19)8-5-9-21-3/h11-13H,4-10H2,1-3H3,(H,16,20)(H,18,19). The molecule has 0 saturated heterocycles. The van der Waals surface area contributed by atoms with Crippen molar-refractivity contribution in [2.45, 2.75) is 57.5 Å².